The first-order valence-electron chi connectivity index (χ1n) is 9.44. The monoisotopic (exact) mass is 363 g/mol. The van der Waals surface area contributed by atoms with E-state index in [2.05, 4.69) is 32.0 Å². The summed E-state index contributed by atoms with van der Waals surface area (Å²) in [5.41, 5.74) is 3.67. The van der Waals surface area contributed by atoms with E-state index in [1.54, 1.807) is 4.90 Å². The van der Waals surface area contributed by atoms with Crippen molar-refractivity contribution in [1.82, 2.24) is 4.90 Å². The molecule has 25 heavy (non-hydrogen) atoms. The summed E-state index contributed by atoms with van der Waals surface area (Å²) in [5, 5.41) is -0.500. The van der Waals surface area contributed by atoms with Crippen molar-refractivity contribution >= 4 is 15.7 Å². The Bertz CT molecular complexity index is 729. The summed E-state index contributed by atoms with van der Waals surface area (Å²) >= 11 is 0. The van der Waals surface area contributed by atoms with Crippen molar-refractivity contribution in [3.05, 3.63) is 34.9 Å². The summed E-state index contributed by atoms with van der Waals surface area (Å²) in [6, 6.07) is 6.29. The lowest BCUT2D eigenvalue weighted by molar-refractivity contribution is -0.134. The first-order chi connectivity index (χ1) is 11.9. The van der Waals surface area contributed by atoms with E-state index in [0.29, 0.717) is 19.5 Å². The summed E-state index contributed by atoms with van der Waals surface area (Å²) in [7, 11) is -3.06. The molecule has 0 N–H and O–H groups in total. The second-order valence-corrected chi connectivity index (χ2v) is 10.2. The zero-order valence-corrected chi connectivity index (χ0v) is 16.1. The molecule has 138 valence electrons. The Hall–Kier alpha value is -1.36. The molecule has 0 radical (unpaired) electrons. The Kier molecular flexibility index (Phi) is 5.52. The highest BCUT2D eigenvalue weighted by atomic mass is 32.2. The lowest BCUT2D eigenvalue weighted by Crippen LogP contribution is -2.58. The molecular weight excluding hydrogens is 334 g/mol. The standard InChI is InChI=1S/C20H29NO3S/c1-15-8-9-17(12-16(15)2)10-11-20(22)21-13-19(14-21)25(23,24)18-6-4-3-5-7-18/h8-9,12,18-19H,3-7,10-11,13-14H2,1-2H3. The van der Waals surface area contributed by atoms with Crippen molar-refractivity contribution in [3.63, 3.8) is 0 Å². The van der Waals surface area contributed by atoms with Gasteiger partial charge in [-0.1, -0.05) is 37.5 Å². The molecule has 5 heteroatoms. The number of carbonyl (C=O) groups is 1. The van der Waals surface area contributed by atoms with Gasteiger partial charge < -0.3 is 4.90 Å². The van der Waals surface area contributed by atoms with E-state index in [9.17, 15) is 13.2 Å². The van der Waals surface area contributed by atoms with E-state index in [-0.39, 0.29) is 16.4 Å². The third-order valence-electron chi connectivity index (χ3n) is 5.88. The van der Waals surface area contributed by atoms with Crippen LogP contribution < -0.4 is 0 Å². The zero-order chi connectivity index (χ0) is 18.0. The van der Waals surface area contributed by atoms with E-state index in [0.717, 1.165) is 38.5 Å². The van der Waals surface area contributed by atoms with Crippen LogP contribution in [-0.2, 0) is 21.1 Å². The molecule has 3 rings (SSSR count). The molecule has 1 saturated carbocycles. The first-order valence-corrected chi connectivity index (χ1v) is 11.1. The van der Waals surface area contributed by atoms with E-state index < -0.39 is 9.84 Å². The van der Waals surface area contributed by atoms with Crippen molar-refractivity contribution in [2.45, 2.75) is 69.3 Å². The Morgan fingerprint density at radius 1 is 1.04 bits per heavy atom. The van der Waals surface area contributed by atoms with Gasteiger partial charge in [-0.3, -0.25) is 4.79 Å². The van der Waals surface area contributed by atoms with Crippen LogP contribution in [0.4, 0.5) is 0 Å². The first kappa shape index (κ1) is 18.4. The Labute approximate surface area is 151 Å². The van der Waals surface area contributed by atoms with Gasteiger partial charge in [0.15, 0.2) is 9.84 Å². The lowest BCUT2D eigenvalue weighted by atomic mass is 10.0. The number of carbonyl (C=O) groups excluding carboxylic acids is 1. The summed E-state index contributed by atoms with van der Waals surface area (Å²) in [6.45, 7) is 4.95. The lowest BCUT2D eigenvalue weighted by Gasteiger charge is -2.41. The van der Waals surface area contributed by atoms with Gasteiger partial charge in [-0.05, 0) is 49.8 Å². The minimum Gasteiger partial charge on any atom is -0.340 e. The molecule has 1 aliphatic heterocycles. The molecule has 0 aromatic heterocycles. The van der Waals surface area contributed by atoms with Crippen LogP contribution >= 0.6 is 0 Å². The number of nitrogens with zero attached hydrogens (tertiary/aromatic N) is 1. The number of amides is 1. The zero-order valence-electron chi connectivity index (χ0n) is 15.3. The average Bonchev–Trinajstić information content (AvgIpc) is 2.55. The fraction of sp³-hybridized carbons (Fsp3) is 0.650. The summed E-state index contributed by atoms with van der Waals surface area (Å²) < 4.78 is 25.3. The van der Waals surface area contributed by atoms with Gasteiger partial charge in [0.25, 0.3) is 0 Å². The predicted octanol–water partition coefficient (Wildman–Crippen LogP) is 3.19. The fourth-order valence-electron chi connectivity index (χ4n) is 3.88. The molecule has 1 aromatic carbocycles. The van der Waals surface area contributed by atoms with Gasteiger partial charge in [-0.2, -0.15) is 0 Å². The van der Waals surface area contributed by atoms with Crippen LogP contribution in [-0.4, -0.2) is 42.8 Å². The number of benzene rings is 1. The van der Waals surface area contributed by atoms with E-state index in [4.69, 9.17) is 0 Å². The molecule has 0 unspecified atom stereocenters. The molecule has 1 saturated heterocycles. The van der Waals surface area contributed by atoms with Crippen molar-refractivity contribution in [1.29, 1.82) is 0 Å². The molecular formula is C20H29NO3S. The van der Waals surface area contributed by atoms with Gasteiger partial charge >= 0.3 is 0 Å². The minimum atomic E-state index is -3.06. The molecule has 1 amide bonds. The van der Waals surface area contributed by atoms with E-state index in [1.807, 2.05) is 0 Å². The highest BCUT2D eigenvalue weighted by Crippen LogP contribution is 2.30. The van der Waals surface area contributed by atoms with Gasteiger partial charge in [0.1, 0.15) is 0 Å². The molecule has 2 aliphatic rings. The molecule has 1 heterocycles. The van der Waals surface area contributed by atoms with Crippen molar-refractivity contribution in [2.75, 3.05) is 13.1 Å². The van der Waals surface area contributed by atoms with E-state index in [1.165, 1.54) is 16.7 Å². The smallest absolute Gasteiger partial charge is 0.222 e. The molecule has 1 aliphatic carbocycles. The fourth-order valence-corrected chi connectivity index (χ4v) is 6.19. The van der Waals surface area contributed by atoms with Crippen LogP contribution in [0.2, 0.25) is 0 Å². The Morgan fingerprint density at radius 3 is 2.36 bits per heavy atom. The number of hydrogen-bond donors (Lipinski definition) is 0. The maximum Gasteiger partial charge on any atom is 0.222 e. The molecule has 4 nitrogen and oxygen atoms in total. The minimum absolute atomic E-state index is 0.0772. The van der Waals surface area contributed by atoms with Gasteiger partial charge in [0.05, 0.1) is 10.5 Å². The molecule has 0 atom stereocenters. The van der Waals surface area contributed by atoms with Crippen LogP contribution in [0.15, 0.2) is 18.2 Å². The molecule has 0 spiro atoms. The number of sulfone groups is 1. The van der Waals surface area contributed by atoms with Crippen LogP contribution in [0.3, 0.4) is 0 Å². The van der Waals surface area contributed by atoms with Crippen LogP contribution in [0.1, 0.15) is 55.2 Å². The van der Waals surface area contributed by atoms with Crippen molar-refractivity contribution in [2.24, 2.45) is 0 Å². The third kappa shape index (κ3) is 4.08. The van der Waals surface area contributed by atoms with Gasteiger partial charge in [0.2, 0.25) is 5.91 Å². The van der Waals surface area contributed by atoms with Crippen molar-refractivity contribution in [3.8, 4) is 0 Å². The number of rotatable bonds is 5. The second-order valence-electron chi connectivity index (χ2n) is 7.69. The number of hydrogen-bond acceptors (Lipinski definition) is 3. The molecule has 1 aromatic rings. The maximum absolute atomic E-state index is 12.6. The second kappa shape index (κ2) is 7.48. The number of aryl methyl sites for hydroxylation is 3. The Balaban J connectivity index is 1.48. The highest BCUT2D eigenvalue weighted by molar-refractivity contribution is 7.92. The topological polar surface area (TPSA) is 54.5 Å². The summed E-state index contributed by atoms with van der Waals surface area (Å²) in [6.07, 6.45) is 5.98. The highest BCUT2D eigenvalue weighted by Gasteiger charge is 2.43. The van der Waals surface area contributed by atoms with Gasteiger partial charge in [0, 0.05) is 19.5 Å². The van der Waals surface area contributed by atoms with Gasteiger partial charge in [-0.15, -0.1) is 0 Å². The maximum atomic E-state index is 12.6. The SMILES string of the molecule is Cc1ccc(CCC(=O)N2CC(S(=O)(=O)C3CCCCC3)C2)cc1C. The van der Waals surface area contributed by atoms with Crippen molar-refractivity contribution < 1.29 is 13.2 Å². The largest absolute Gasteiger partial charge is 0.340 e. The average molecular weight is 364 g/mol. The molecule has 2 fully saturated rings. The summed E-state index contributed by atoms with van der Waals surface area (Å²) in [5.74, 6) is 0.0772. The number of likely N-dealkylation sites (tertiary alicyclic amines) is 1. The summed E-state index contributed by atoms with van der Waals surface area (Å²) in [4.78, 5) is 14.0. The Morgan fingerprint density at radius 2 is 1.72 bits per heavy atom. The predicted molar refractivity (Wildman–Crippen MR) is 100 cm³/mol. The molecule has 0 bridgehead atoms. The quantitative estimate of drug-likeness (QED) is 0.807. The van der Waals surface area contributed by atoms with Gasteiger partial charge in [-0.25, -0.2) is 8.42 Å². The third-order valence-corrected chi connectivity index (χ3v) is 8.51. The van der Waals surface area contributed by atoms with Crippen LogP contribution in [0.5, 0.6) is 0 Å². The van der Waals surface area contributed by atoms with Crippen LogP contribution in [0, 0.1) is 13.8 Å². The normalized spacial score (nSPS) is 19.7. The van der Waals surface area contributed by atoms with Crippen LogP contribution in [0.25, 0.3) is 0 Å². The van der Waals surface area contributed by atoms with E-state index >= 15 is 0 Å².